The average molecular weight is 287 g/mol. The van der Waals surface area contributed by atoms with E-state index in [1.807, 2.05) is 6.92 Å². The molecule has 0 bridgehead atoms. The zero-order chi connectivity index (χ0) is 15.4. The van der Waals surface area contributed by atoms with E-state index in [1.165, 1.54) is 6.92 Å². The Hall–Kier alpha value is -2.60. The quantitative estimate of drug-likeness (QED) is 0.803. The molecule has 1 aromatic carbocycles. The van der Waals surface area contributed by atoms with E-state index in [2.05, 4.69) is 10.6 Å². The molecule has 2 rings (SSSR count). The molecule has 6 heteroatoms. The Bertz CT molecular complexity index is 677. The Labute approximate surface area is 122 Å². The molecule has 0 saturated heterocycles. The van der Waals surface area contributed by atoms with Crippen LogP contribution in [-0.2, 0) is 11.3 Å². The van der Waals surface area contributed by atoms with Crippen molar-refractivity contribution in [3.8, 4) is 0 Å². The zero-order valence-corrected chi connectivity index (χ0v) is 11.9. The summed E-state index contributed by atoms with van der Waals surface area (Å²) in [4.78, 5) is 23.0. The highest BCUT2D eigenvalue weighted by Crippen LogP contribution is 2.20. The minimum atomic E-state index is -0.346. The first-order valence-corrected chi connectivity index (χ1v) is 6.48. The highest BCUT2D eigenvalue weighted by Gasteiger charge is 2.11. The normalized spacial score (nSPS) is 10.2. The highest BCUT2D eigenvalue weighted by molar-refractivity contribution is 6.02. The van der Waals surface area contributed by atoms with E-state index in [-0.39, 0.29) is 24.1 Å². The molecule has 0 radical (unpaired) electrons. The van der Waals surface area contributed by atoms with E-state index in [0.29, 0.717) is 17.1 Å². The molecular weight excluding hydrogens is 270 g/mol. The van der Waals surface area contributed by atoms with Crippen LogP contribution in [0.2, 0.25) is 0 Å². The van der Waals surface area contributed by atoms with Crippen molar-refractivity contribution in [1.82, 2.24) is 0 Å². The maximum Gasteiger partial charge on any atom is 0.291 e. The molecule has 4 N–H and O–H groups in total. The van der Waals surface area contributed by atoms with Gasteiger partial charge < -0.3 is 20.8 Å². The van der Waals surface area contributed by atoms with Gasteiger partial charge in [0.1, 0.15) is 5.76 Å². The molecule has 1 heterocycles. The smallest absolute Gasteiger partial charge is 0.291 e. The van der Waals surface area contributed by atoms with Crippen molar-refractivity contribution in [3.63, 3.8) is 0 Å². The minimum absolute atomic E-state index is 0.139. The number of carbonyl (C=O) groups excluding carboxylic acids is 2. The van der Waals surface area contributed by atoms with Crippen LogP contribution in [0.25, 0.3) is 0 Å². The summed E-state index contributed by atoms with van der Waals surface area (Å²) in [6, 6.07) is 8.47. The Morgan fingerprint density at radius 1 is 1.19 bits per heavy atom. The number of hydrogen-bond acceptors (Lipinski definition) is 4. The summed E-state index contributed by atoms with van der Waals surface area (Å²) in [5.74, 6) is 0.275. The van der Waals surface area contributed by atoms with E-state index in [0.717, 1.165) is 5.56 Å². The molecular formula is C15H17N3O3. The van der Waals surface area contributed by atoms with E-state index in [4.69, 9.17) is 10.2 Å². The number of furan rings is 1. The Morgan fingerprint density at radius 3 is 2.52 bits per heavy atom. The largest absolute Gasteiger partial charge is 0.455 e. The number of nitrogens with one attached hydrogen (secondary N) is 2. The van der Waals surface area contributed by atoms with Crippen LogP contribution in [-0.4, -0.2) is 11.8 Å². The summed E-state index contributed by atoms with van der Waals surface area (Å²) >= 11 is 0. The summed E-state index contributed by atoms with van der Waals surface area (Å²) in [7, 11) is 0. The molecule has 0 unspecified atom stereocenters. The number of benzene rings is 1. The fourth-order valence-corrected chi connectivity index (χ4v) is 1.87. The van der Waals surface area contributed by atoms with E-state index >= 15 is 0 Å². The van der Waals surface area contributed by atoms with Gasteiger partial charge in [-0.2, -0.15) is 0 Å². The maximum atomic E-state index is 12.0. The fraction of sp³-hybridized carbons (Fsp3) is 0.200. The van der Waals surface area contributed by atoms with Crippen LogP contribution in [0.15, 0.2) is 34.7 Å². The number of carbonyl (C=O) groups is 2. The molecule has 0 aliphatic rings. The number of nitrogens with two attached hydrogens (primary N) is 1. The first-order valence-electron chi connectivity index (χ1n) is 6.48. The predicted octanol–water partition coefficient (Wildman–Crippen LogP) is 2.26. The van der Waals surface area contributed by atoms with Gasteiger partial charge in [-0.05, 0) is 42.8 Å². The number of anilines is 2. The molecule has 0 spiro atoms. The zero-order valence-electron chi connectivity index (χ0n) is 11.9. The molecule has 6 nitrogen and oxygen atoms in total. The Kier molecular flexibility index (Phi) is 4.39. The minimum Gasteiger partial charge on any atom is -0.455 e. The third-order valence-electron chi connectivity index (χ3n) is 2.88. The van der Waals surface area contributed by atoms with E-state index in [1.54, 1.807) is 30.3 Å². The lowest BCUT2D eigenvalue weighted by Gasteiger charge is -2.09. The average Bonchev–Trinajstić information content (AvgIpc) is 2.90. The third kappa shape index (κ3) is 3.70. The van der Waals surface area contributed by atoms with Crippen LogP contribution in [0.4, 0.5) is 11.4 Å². The summed E-state index contributed by atoms with van der Waals surface area (Å²) in [5, 5.41) is 5.44. The summed E-state index contributed by atoms with van der Waals surface area (Å²) < 4.78 is 5.28. The standard InChI is InChI=1S/C15H17N3O3/c1-9-7-11(3-5-13(9)17-10(2)19)18-15(20)14-6-4-12(8-16)21-14/h3-7H,8,16H2,1-2H3,(H,17,19)(H,18,20). The van der Waals surface area contributed by atoms with Gasteiger partial charge in [0.15, 0.2) is 5.76 Å². The van der Waals surface area contributed by atoms with Crippen molar-refractivity contribution in [2.75, 3.05) is 10.6 Å². The van der Waals surface area contributed by atoms with Gasteiger partial charge in [-0.3, -0.25) is 9.59 Å². The van der Waals surface area contributed by atoms with Gasteiger partial charge in [0, 0.05) is 18.3 Å². The lowest BCUT2D eigenvalue weighted by Crippen LogP contribution is -2.12. The van der Waals surface area contributed by atoms with Crippen LogP contribution in [0.1, 0.15) is 28.8 Å². The van der Waals surface area contributed by atoms with Gasteiger partial charge in [-0.15, -0.1) is 0 Å². The molecule has 2 amide bonds. The molecule has 0 fully saturated rings. The molecule has 0 aliphatic carbocycles. The highest BCUT2D eigenvalue weighted by atomic mass is 16.4. The van der Waals surface area contributed by atoms with Gasteiger partial charge in [-0.25, -0.2) is 0 Å². The van der Waals surface area contributed by atoms with Crippen molar-refractivity contribution >= 4 is 23.2 Å². The van der Waals surface area contributed by atoms with E-state index < -0.39 is 0 Å². The Morgan fingerprint density at radius 2 is 1.95 bits per heavy atom. The molecule has 21 heavy (non-hydrogen) atoms. The monoisotopic (exact) mass is 287 g/mol. The third-order valence-corrected chi connectivity index (χ3v) is 2.88. The number of rotatable bonds is 4. The molecule has 0 saturated carbocycles. The summed E-state index contributed by atoms with van der Waals surface area (Å²) in [6.07, 6.45) is 0. The van der Waals surface area contributed by atoms with Crippen LogP contribution in [0, 0.1) is 6.92 Å². The topological polar surface area (TPSA) is 97.4 Å². The van der Waals surface area contributed by atoms with Crippen LogP contribution < -0.4 is 16.4 Å². The van der Waals surface area contributed by atoms with Crippen LogP contribution in [0.3, 0.4) is 0 Å². The van der Waals surface area contributed by atoms with Crippen molar-refractivity contribution in [2.24, 2.45) is 5.73 Å². The molecule has 0 atom stereocenters. The SMILES string of the molecule is CC(=O)Nc1ccc(NC(=O)c2ccc(CN)o2)cc1C. The predicted molar refractivity (Wildman–Crippen MR) is 80.0 cm³/mol. The van der Waals surface area contributed by atoms with Gasteiger partial charge in [0.05, 0.1) is 6.54 Å². The van der Waals surface area contributed by atoms with Gasteiger partial charge >= 0.3 is 0 Å². The van der Waals surface area contributed by atoms with Gasteiger partial charge in [0.25, 0.3) is 5.91 Å². The van der Waals surface area contributed by atoms with Gasteiger partial charge in [-0.1, -0.05) is 0 Å². The summed E-state index contributed by atoms with van der Waals surface area (Å²) in [5.41, 5.74) is 7.62. The fourth-order valence-electron chi connectivity index (χ4n) is 1.87. The first kappa shape index (κ1) is 14.8. The Balaban J connectivity index is 2.10. The van der Waals surface area contributed by atoms with Crippen LogP contribution >= 0.6 is 0 Å². The molecule has 0 aliphatic heterocycles. The molecule has 1 aromatic heterocycles. The van der Waals surface area contributed by atoms with Crippen LogP contribution in [0.5, 0.6) is 0 Å². The first-order chi connectivity index (χ1) is 9.99. The summed E-state index contributed by atoms with van der Waals surface area (Å²) in [6.45, 7) is 3.54. The van der Waals surface area contributed by atoms with Crippen molar-refractivity contribution in [2.45, 2.75) is 20.4 Å². The maximum absolute atomic E-state index is 12.0. The second-order valence-corrected chi connectivity index (χ2v) is 4.64. The van der Waals surface area contributed by atoms with Crippen molar-refractivity contribution in [1.29, 1.82) is 0 Å². The number of hydrogen-bond donors (Lipinski definition) is 3. The number of amides is 2. The van der Waals surface area contributed by atoms with Gasteiger partial charge in [0.2, 0.25) is 5.91 Å². The lowest BCUT2D eigenvalue weighted by atomic mass is 10.1. The van der Waals surface area contributed by atoms with Crippen molar-refractivity contribution in [3.05, 3.63) is 47.4 Å². The van der Waals surface area contributed by atoms with Crippen molar-refractivity contribution < 1.29 is 14.0 Å². The second-order valence-electron chi connectivity index (χ2n) is 4.64. The van der Waals surface area contributed by atoms with E-state index in [9.17, 15) is 9.59 Å². The number of aryl methyl sites for hydroxylation is 1. The second kappa shape index (κ2) is 6.23. The molecule has 2 aromatic rings. The molecule has 110 valence electrons. The lowest BCUT2D eigenvalue weighted by molar-refractivity contribution is -0.114.